The minimum absolute atomic E-state index is 0.256. The van der Waals surface area contributed by atoms with Gasteiger partial charge in [-0.3, -0.25) is 0 Å². The number of nitrogens with two attached hydrogens (primary N) is 1. The summed E-state index contributed by atoms with van der Waals surface area (Å²) in [6.45, 7) is 2.89. The molecule has 0 unspecified atom stereocenters. The van der Waals surface area contributed by atoms with E-state index in [-0.39, 0.29) is 5.97 Å². The smallest absolute Gasteiger partial charge is 0.338 e. The maximum atomic E-state index is 11.5. The minimum atomic E-state index is -0.256. The second kappa shape index (κ2) is 7.30. The fraction of sp³-hybridized carbons (Fsp3) is 0.417. The highest BCUT2D eigenvalue weighted by molar-refractivity contribution is 7.98. The van der Waals surface area contributed by atoms with Crippen molar-refractivity contribution in [1.82, 2.24) is 0 Å². The van der Waals surface area contributed by atoms with Crippen LogP contribution in [0, 0.1) is 0 Å². The van der Waals surface area contributed by atoms with E-state index in [1.807, 2.05) is 18.2 Å². The lowest BCUT2D eigenvalue weighted by Crippen LogP contribution is -2.05. The zero-order valence-corrected chi connectivity index (χ0v) is 10.3. The van der Waals surface area contributed by atoms with Crippen LogP contribution in [0.5, 0.6) is 0 Å². The average molecular weight is 239 g/mol. The third-order valence-electron chi connectivity index (χ3n) is 1.97. The molecule has 0 spiro atoms. The predicted octanol–water partition coefficient (Wildman–Crippen LogP) is 2.06. The molecule has 16 heavy (non-hydrogen) atoms. The largest absolute Gasteiger partial charge is 0.462 e. The van der Waals surface area contributed by atoms with Crippen molar-refractivity contribution in [2.24, 2.45) is 5.73 Å². The van der Waals surface area contributed by atoms with Crippen LogP contribution in [0.4, 0.5) is 0 Å². The van der Waals surface area contributed by atoms with E-state index in [1.165, 1.54) is 0 Å². The maximum Gasteiger partial charge on any atom is 0.338 e. The number of rotatable bonds is 6. The molecule has 88 valence electrons. The lowest BCUT2D eigenvalue weighted by molar-refractivity contribution is 0.0526. The third-order valence-corrected chi connectivity index (χ3v) is 3.03. The first-order valence-corrected chi connectivity index (χ1v) is 6.47. The summed E-state index contributed by atoms with van der Waals surface area (Å²) in [5.74, 6) is 1.56. The molecule has 2 N–H and O–H groups in total. The molecule has 4 heteroatoms. The second-order valence-electron chi connectivity index (χ2n) is 3.26. The van der Waals surface area contributed by atoms with Gasteiger partial charge in [-0.25, -0.2) is 4.79 Å². The molecule has 0 saturated carbocycles. The highest BCUT2D eigenvalue weighted by atomic mass is 32.2. The Bertz CT molecular complexity index is 342. The molecule has 0 aliphatic carbocycles. The molecule has 0 heterocycles. The third kappa shape index (κ3) is 4.24. The molecular weight excluding hydrogens is 222 g/mol. The van der Waals surface area contributed by atoms with Gasteiger partial charge in [-0.1, -0.05) is 12.1 Å². The van der Waals surface area contributed by atoms with E-state index in [4.69, 9.17) is 10.5 Å². The number of carbonyl (C=O) groups excluding carboxylic acids is 1. The first kappa shape index (κ1) is 13.1. The molecule has 1 aromatic rings. The van der Waals surface area contributed by atoms with Gasteiger partial charge in [-0.05, 0) is 24.6 Å². The Morgan fingerprint density at radius 1 is 1.50 bits per heavy atom. The van der Waals surface area contributed by atoms with E-state index >= 15 is 0 Å². The molecule has 0 atom stereocenters. The summed E-state index contributed by atoms with van der Waals surface area (Å²) in [6.07, 6.45) is 0. The van der Waals surface area contributed by atoms with Gasteiger partial charge in [0.15, 0.2) is 0 Å². The fourth-order valence-electron chi connectivity index (χ4n) is 1.28. The molecule has 3 nitrogen and oxygen atoms in total. The van der Waals surface area contributed by atoms with Crippen molar-refractivity contribution in [2.75, 3.05) is 18.9 Å². The Morgan fingerprint density at radius 3 is 3.00 bits per heavy atom. The summed E-state index contributed by atoms with van der Waals surface area (Å²) >= 11 is 1.76. The number of hydrogen-bond donors (Lipinski definition) is 1. The van der Waals surface area contributed by atoms with Crippen LogP contribution in [-0.2, 0) is 10.5 Å². The number of hydrogen-bond acceptors (Lipinski definition) is 4. The Morgan fingerprint density at radius 2 is 2.31 bits per heavy atom. The van der Waals surface area contributed by atoms with Crippen LogP contribution in [0.25, 0.3) is 0 Å². The van der Waals surface area contributed by atoms with Crippen LogP contribution in [0.2, 0.25) is 0 Å². The van der Waals surface area contributed by atoms with Crippen LogP contribution in [0.15, 0.2) is 24.3 Å². The first-order valence-electron chi connectivity index (χ1n) is 5.31. The van der Waals surface area contributed by atoms with Crippen molar-refractivity contribution < 1.29 is 9.53 Å². The maximum absolute atomic E-state index is 11.5. The Kier molecular flexibility index (Phi) is 5.96. The molecule has 1 aromatic carbocycles. The van der Waals surface area contributed by atoms with Crippen molar-refractivity contribution in [3.8, 4) is 0 Å². The molecule has 0 aromatic heterocycles. The molecule has 0 aliphatic heterocycles. The van der Waals surface area contributed by atoms with E-state index in [0.29, 0.717) is 18.7 Å². The van der Waals surface area contributed by atoms with Gasteiger partial charge in [-0.2, -0.15) is 11.8 Å². The van der Waals surface area contributed by atoms with Crippen LogP contribution < -0.4 is 5.73 Å². The highest BCUT2D eigenvalue weighted by Crippen LogP contribution is 2.13. The molecule has 1 rings (SSSR count). The lowest BCUT2D eigenvalue weighted by Gasteiger charge is -2.04. The quantitative estimate of drug-likeness (QED) is 0.610. The average Bonchev–Trinajstić information content (AvgIpc) is 2.30. The van der Waals surface area contributed by atoms with Gasteiger partial charge in [0.25, 0.3) is 0 Å². The first-order chi connectivity index (χ1) is 7.77. The monoisotopic (exact) mass is 239 g/mol. The van der Waals surface area contributed by atoms with E-state index in [1.54, 1.807) is 24.8 Å². The molecular formula is C12H17NO2S. The van der Waals surface area contributed by atoms with Crippen molar-refractivity contribution in [3.05, 3.63) is 35.4 Å². The molecule has 0 radical (unpaired) electrons. The zero-order valence-electron chi connectivity index (χ0n) is 9.44. The topological polar surface area (TPSA) is 52.3 Å². The van der Waals surface area contributed by atoms with Crippen molar-refractivity contribution in [2.45, 2.75) is 12.7 Å². The van der Waals surface area contributed by atoms with Crippen LogP contribution >= 0.6 is 11.8 Å². The van der Waals surface area contributed by atoms with Crippen LogP contribution in [0.3, 0.4) is 0 Å². The Balaban J connectivity index is 2.60. The van der Waals surface area contributed by atoms with Gasteiger partial charge in [0.2, 0.25) is 0 Å². The lowest BCUT2D eigenvalue weighted by atomic mass is 10.1. The Labute approximate surface area is 100 Å². The SMILES string of the molecule is CCOC(=O)c1cccc(CSCCN)c1. The molecule has 0 saturated heterocycles. The summed E-state index contributed by atoms with van der Waals surface area (Å²) in [5, 5.41) is 0. The van der Waals surface area contributed by atoms with Crippen LogP contribution in [0.1, 0.15) is 22.8 Å². The number of carbonyl (C=O) groups is 1. The van der Waals surface area contributed by atoms with Gasteiger partial charge >= 0.3 is 5.97 Å². The zero-order chi connectivity index (χ0) is 11.8. The van der Waals surface area contributed by atoms with E-state index in [9.17, 15) is 4.79 Å². The van der Waals surface area contributed by atoms with Crippen LogP contribution in [-0.4, -0.2) is 24.9 Å². The number of thioether (sulfide) groups is 1. The highest BCUT2D eigenvalue weighted by Gasteiger charge is 2.06. The summed E-state index contributed by atoms with van der Waals surface area (Å²) in [7, 11) is 0. The summed E-state index contributed by atoms with van der Waals surface area (Å²) in [6, 6.07) is 7.54. The van der Waals surface area contributed by atoms with Gasteiger partial charge in [0.1, 0.15) is 0 Å². The van der Waals surface area contributed by atoms with Gasteiger partial charge < -0.3 is 10.5 Å². The molecule has 0 amide bonds. The standard InChI is InChI=1S/C12H17NO2S/c1-2-15-12(14)11-5-3-4-10(8-11)9-16-7-6-13/h3-5,8H,2,6-7,9,13H2,1H3. The summed E-state index contributed by atoms with van der Waals surface area (Å²) < 4.78 is 4.94. The predicted molar refractivity (Wildman–Crippen MR) is 67.6 cm³/mol. The molecule has 0 aliphatic rings. The summed E-state index contributed by atoms with van der Waals surface area (Å²) in [4.78, 5) is 11.5. The number of benzene rings is 1. The Hall–Kier alpha value is -1.00. The number of ether oxygens (including phenoxy) is 1. The van der Waals surface area contributed by atoms with Gasteiger partial charge in [-0.15, -0.1) is 0 Å². The fourth-order valence-corrected chi connectivity index (χ4v) is 2.00. The molecule has 0 fully saturated rings. The minimum Gasteiger partial charge on any atom is -0.462 e. The van der Waals surface area contributed by atoms with Crippen molar-refractivity contribution in [3.63, 3.8) is 0 Å². The molecule has 0 bridgehead atoms. The van der Waals surface area contributed by atoms with Gasteiger partial charge in [0.05, 0.1) is 12.2 Å². The second-order valence-corrected chi connectivity index (χ2v) is 4.37. The normalized spacial score (nSPS) is 10.1. The van der Waals surface area contributed by atoms with Crippen molar-refractivity contribution >= 4 is 17.7 Å². The number of esters is 1. The van der Waals surface area contributed by atoms with E-state index < -0.39 is 0 Å². The van der Waals surface area contributed by atoms with E-state index in [0.717, 1.165) is 17.1 Å². The van der Waals surface area contributed by atoms with E-state index in [2.05, 4.69) is 0 Å². The summed E-state index contributed by atoms with van der Waals surface area (Å²) in [5.41, 5.74) is 7.16. The van der Waals surface area contributed by atoms with Crippen molar-refractivity contribution in [1.29, 1.82) is 0 Å². The van der Waals surface area contributed by atoms with Gasteiger partial charge in [0, 0.05) is 18.1 Å².